The number of nitrogens with zero attached hydrogens (tertiary/aromatic N) is 3. The van der Waals surface area contributed by atoms with Crippen molar-refractivity contribution in [2.45, 2.75) is 50.0 Å². The molecule has 12 heteroatoms. The van der Waals surface area contributed by atoms with E-state index in [1.807, 2.05) is 25.1 Å². The molecule has 10 nitrogen and oxygen atoms in total. The van der Waals surface area contributed by atoms with Gasteiger partial charge < -0.3 is 25.6 Å². The third-order valence-electron chi connectivity index (χ3n) is 6.49. The standard InChI is InChI=1S/C28H38ClN7O3S/c1-4-39-25-18-21(30-16-9-17-36(2)3)14-15-23(25)33-28-31-19-22(29)27(34-28)32-24-12-7-8-13-26(24)40(37,38)35-20-10-5-6-11-20/h7-8,12-15,18-20,30,35H,4-6,9-11,16-17H2,1-3H3,(H2,31,32,33,34). The molecule has 1 aliphatic carbocycles. The lowest BCUT2D eigenvalue weighted by atomic mass is 10.2. The first-order chi connectivity index (χ1) is 19.2. The van der Waals surface area contributed by atoms with E-state index in [1.54, 1.807) is 24.3 Å². The van der Waals surface area contributed by atoms with Gasteiger partial charge in [0.1, 0.15) is 15.7 Å². The van der Waals surface area contributed by atoms with Crippen molar-refractivity contribution in [3.8, 4) is 5.75 Å². The van der Waals surface area contributed by atoms with Crippen molar-refractivity contribution in [1.82, 2.24) is 19.6 Å². The maximum Gasteiger partial charge on any atom is 0.242 e. The van der Waals surface area contributed by atoms with E-state index in [0.717, 1.165) is 50.9 Å². The van der Waals surface area contributed by atoms with Crippen molar-refractivity contribution < 1.29 is 13.2 Å². The third kappa shape index (κ3) is 8.20. The fraction of sp³-hybridized carbons (Fsp3) is 0.429. The van der Waals surface area contributed by atoms with E-state index in [1.165, 1.54) is 6.20 Å². The average Bonchev–Trinajstić information content (AvgIpc) is 3.42. The normalized spacial score (nSPS) is 13.9. The van der Waals surface area contributed by atoms with Crippen molar-refractivity contribution >= 4 is 50.5 Å². The van der Waals surface area contributed by atoms with Crippen LogP contribution in [0.1, 0.15) is 39.0 Å². The van der Waals surface area contributed by atoms with E-state index in [0.29, 0.717) is 23.7 Å². The van der Waals surface area contributed by atoms with Gasteiger partial charge in [-0.15, -0.1) is 0 Å². The molecule has 0 radical (unpaired) electrons. The van der Waals surface area contributed by atoms with Gasteiger partial charge in [-0.05, 0) is 71.1 Å². The van der Waals surface area contributed by atoms with Crippen LogP contribution in [-0.4, -0.2) is 63.1 Å². The largest absolute Gasteiger partial charge is 0.492 e. The summed E-state index contributed by atoms with van der Waals surface area (Å²) in [6.07, 6.45) is 6.24. The Hall–Kier alpha value is -3.12. The molecule has 1 fully saturated rings. The Morgan fingerprint density at radius 1 is 1.07 bits per heavy atom. The molecule has 1 heterocycles. The monoisotopic (exact) mass is 587 g/mol. The number of aromatic nitrogens is 2. The van der Waals surface area contributed by atoms with Gasteiger partial charge in [-0.1, -0.05) is 36.6 Å². The van der Waals surface area contributed by atoms with Crippen LogP contribution in [0.2, 0.25) is 5.02 Å². The number of hydrogen-bond donors (Lipinski definition) is 4. The second kappa shape index (κ2) is 14.0. The molecule has 1 saturated carbocycles. The lowest BCUT2D eigenvalue weighted by Gasteiger charge is -2.17. The van der Waals surface area contributed by atoms with Crippen LogP contribution < -0.4 is 25.4 Å². The van der Waals surface area contributed by atoms with Gasteiger partial charge in [0.25, 0.3) is 0 Å². The fourth-order valence-electron chi connectivity index (χ4n) is 4.53. The zero-order chi connectivity index (χ0) is 28.5. The summed E-state index contributed by atoms with van der Waals surface area (Å²) < 4.78 is 35.1. The average molecular weight is 588 g/mol. The fourth-order valence-corrected chi connectivity index (χ4v) is 6.14. The van der Waals surface area contributed by atoms with Crippen molar-refractivity contribution in [1.29, 1.82) is 0 Å². The van der Waals surface area contributed by atoms with Gasteiger partial charge >= 0.3 is 0 Å². The molecular formula is C28H38ClN7O3S. The van der Waals surface area contributed by atoms with Gasteiger partial charge in [0.05, 0.1) is 24.2 Å². The van der Waals surface area contributed by atoms with E-state index in [2.05, 4.69) is 49.6 Å². The molecule has 216 valence electrons. The molecule has 1 aromatic heterocycles. The Morgan fingerprint density at radius 3 is 2.60 bits per heavy atom. The van der Waals surface area contributed by atoms with Crippen molar-refractivity contribution in [3.05, 3.63) is 53.7 Å². The lowest BCUT2D eigenvalue weighted by molar-refractivity contribution is 0.342. The molecule has 3 aromatic rings. The number of halogens is 1. The van der Waals surface area contributed by atoms with E-state index in [-0.39, 0.29) is 27.7 Å². The van der Waals surface area contributed by atoms with Crippen LogP contribution >= 0.6 is 11.6 Å². The second-order valence-corrected chi connectivity index (χ2v) is 12.1. The van der Waals surface area contributed by atoms with Crippen LogP contribution in [-0.2, 0) is 10.0 Å². The minimum absolute atomic E-state index is 0.0457. The Kier molecular flexibility index (Phi) is 10.4. The molecule has 40 heavy (non-hydrogen) atoms. The molecule has 2 aromatic carbocycles. The Bertz CT molecular complexity index is 1380. The Balaban J connectivity index is 1.51. The predicted octanol–water partition coefficient (Wildman–Crippen LogP) is 5.60. The summed E-state index contributed by atoms with van der Waals surface area (Å²) in [7, 11) is 0.382. The molecule has 0 aliphatic heterocycles. The maximum atomic E-state index is 13.2. The Morgan fingerprint density at radius 2 is 1.85 bits per heavy atom. The van der Waals surface area contributed by atoms with Gasteiger partial charge in [0.15, 0.2) is 5.82 Å². The highest BCUT2D eigenvalue weighted by molar-refractivity contribution is 7.89. The number of rotatable bonds is 14. The van der Waals surface area contributed by atoms with Crippen LogP contribution in [0.25, 0.3) is 0 Å². The molecule has 0 saturated heterocycles. The van der Waals surface area contributed by atoms with Gasteiger partial charge in [0.2, 0.25) is 16.0 Å². The van der Waals surface area contributed by atoms with E-state index in [9.17, 15) is 8.42 Å². The number of sulfonamides is 1. The SMILES string of the molecule is CCOc1cc(NCCCN(C)C)ccc1Nc1ncc(Cl)c(Nc2ccccc2S(=O)(=O)NC2CCCC2)n1. The van der Waals surface area contributed by atoms with E-state index in [4.69, 9.17) is 16.3 Å². The number of ether oxygens (including phenoxy) is 1. The number of para-hydroxylation sites is 1. The summed E-state index contributed by atoms with van der Waals surface area (Å²) in [5, 5.41) is 9.98. The zero-order valence-electron chi connectivity index (χ0n) is 23.2. The number of anilines is 5. The topological polar surface area (TPSA) is 121 Å². The van der Waals surface area contributed by atoms with Crippen molar-refractivity contribution in [2.75, 3.05) is 49.7 Å². The summed E-state index contributed by atoms with van der Waals surface area (Å²) in [4.78, 5) is 11.1. The van der Waals surface area contributed by atoms with E-state index < -0.39 is 10.0 Å². The van der Waals surface area contributed by atoms with Crippen LogP contribution in [0.15, 0.2) is 53.6 Å². The van der Waals surface area contributed by atoms with Gasteiger partial charge in [-0.25, -0.2) is 18.1 Å². The van der Waals surface area contributed by atoms with Crippen LogP contribution in [0, 0.1) is 0 Å². The zero-order valence-corrected chi connectivity index (χ0v) is 24.8. The van der Waals surface area contributed by atoms with Crippen molar-refractivity contribution in [2.24, 2.45) is 0 Å². The third-order valence-corrected chi connectivity index (χ3v) is 8.35. The summed E-state index contributed by atoms with van der Waals surface area (Å²) in [5.74, 6) is 1.21. The summed E-state index contributed by atoms with van der Waals surface area (Å²) in [6.45, 7) is 4.27. The Labute approximate surface area is 241 Å². The van der Waals surface area contributed by atoms with Crippen molar-refractivity contribution in [3.63, 3.8) is 0 Å². The molecular weight excluding hydrogens is 550 g/mol. The maximum absolute atomic E-state index is 13.2. The van der Waals surface area contributed by atoms with Crippen LogP contribution in [0.4, 0.5) is 28.8 Å². The smallest absolute Gasteiger partial charge is 0.242 e. The van der Waals surface area contributed by atoms with Gasteiger partial charge in [0, 0.05) is 24.3 Å². The number of hydrogen-bond acceptors (Lipinski definition) is 9. The van der Waals surface area contributed by atoms with Gasteiger partial charge in [-0.3, -0.25) is 0 Å². The molecule has 4 N–H and O–H groups in total. The molecule has 0 unspecified atom stereocenters. The predicted molar refractivity (Wildman–Crippen MR) is 162 cm³/mol. The highest BCUT2D eigenvalue weighted by atomic mass is 35.5. The van der Waals surface area contributed by atoms with Crippen LogP contribution in [0.3, 0.4) is 0 Å². The molecule has 4 rings (SSSR count). The molecule has 0 bridgehead atoms. The number of benzene rings is 2. The molecule has 0 spiro atoms. The second-order valence-electron chi connectivity index (χ2n) is 9.97. The molecule has 1 aliphatic rings. The van der Waals surface area contributed by atoms with Crippen LogP contribution in [0.5, 0.6) is 5.75 Å². The summed E-state index contributed by atoms with van der Waals surface area (Å²) in [5.41, 5.74) is 2.02. The molecule has 0 atom stereocenters. The van der Waals surface area contributed by atoms with E-state index >= 15 is 0 Å². The minimum atomic E-state index is -3.73. The van der Waals surface area contributed by atoms with Gasteiger partial charge in [-0.2, -0.15) is 4.98 Å². The quantitative estimate of drug-likeness (QED) is 0.179. The highest BCUT2D eigenvalue weighted by Crippen LogP contribution is 2.33. The first-order valence-electron chi connectivity index (χ1n) is 13.6. The highest BCUT2D eigenvalue weighted by Gasteiger charge is 2.25. The first kappa shape index (κ1) is 29.9. The lowest BCUT2D eigenvalue weighted by Crippen LogP contribution is -2.33. The number of nitrogens with one attached hydrogen (secondary N) is 4. The summed E-state index contributed by atoms with van der Waals surface area (Å²) in [6, 6.07) is 12.5. The summed E-state index contributed by atoms with van der Waals surface area (Å²) >= 11 is 6.42. The molecule has 0 amide bonds. The minimum Gasteiger partial charge on any atom is -0.492 e. The first-order valence-corrected chi connectivity index (χ1v) is 15.4.